The van der Waals surface area contributed by atoms with Gasteiger partial charge in [0, 0.05) is 47.9 Å². The van der Waals surface area contributed by atoms with E-state index in [9.17, 15) is 4.79 Å². The molecule has 1 aliphatic rings. The highest BCUT2D eigenvalue weighted by atomic mass is 35.5. The summed E-state index contributed by atoms with van der Waals surface area (Å²) in [5.74, 6) is 2.19. The lowest BCUT2D eigenvalue weighted by Crippen LogP contribution is -2.48. The van der Waals surface area contributed by atoms with Crippen LogP contribution in [0.15, 0.2) is 47.0 Å². The Balaban J connectivity index is 1.39. The predicted octanol–water partition coefficient (Wildman–Crippen LogP) is 4.40. The van der Waals surface area contributed by atoms with Crippen LogP contribution in [-0.4, -0.2) is 66.2 Å². The van der Waals surface area contributed by atoms with E-state index in [4.69, 9.17) is 25.6 Å². The summed E-state index contributed by atoms with van der Waals surface area (Å²) in [5.41, 5.74) is 2.23. The first-order valence-electron chi connectivity index (χ1n) is 11.0. The summed E-state index contributed by atoms with van der Waals surface area (Å²) < 4.78 is 16.4. The zero-order chi connectivity index (χ0) is 24.1. The van der Waals surface area contributed by atoms with Crippen LogP contribution in [0.1, 0.15) is 28.7 Å². The Labute approximate surface area is 203 Å². The van der Waals surface area contributed by atoms with Crippen LogP contribution in [0.25, 0.3) is 17.5 Å². The average Bonchev–Trinajstić information content (AvgIpc) is 3.32. The Hall–Kier alpha value is -3.36. The van der Waals surface area contributed by atoms with E-state index in [0.29, 0.717) is 66.5 Å². The fourth-order valence-corrected chi connectivity index (χ4v) is 4.06. The third kappa shape index (κ3) is 5.24. The van der Waals surface area contributed by atoms with Crippen LogP contribution in [0.4, 0.5) is 0 Å². The minimum atomic E-state index is -0.0332. The van der Waals surface area contributed by atoms with Gasteiger partial charge in [-0.2, -0.15) is 4.98 Å². The van der Waals surface area contributed by atoms with Crippen LogP contribution in [0.5, 0.6) is 11.5 Å². The number of ether oxygens (including phenoxy) is 2. The number of benzene rings is 2. The summed E-state index contributed by atoms with van der Waals surface area (Å²) in [4.78, 5) is 21.8. The molecular formula is C25H27ClN4O4. The van der Waals surface area contributed by atoms with E-state index in [-0.39, 0.29) is 5.91 Å². The summed E-state index contributed by atoms with van der Waals surface area (Å²) in [6.07, 6.45) is 3.80. The van der Waals surface area contributed by atoms with Gasteiger partial charge >= 0.3 is 0 Å². The maximum absolute atomic E-state index is 13.2. The van der Waals surface area contributed by atoms with Crippen molar-refractivity contribution in [3.63, 3.8) is 0 Å². The van der Waals surface area contributed by atoms with Crippen LogP contribution >= 0.6 is 11.6 Å². The zero-order valence-corrected chi connectivity index (χ0v) is 20.2. The lowest BCUT2D eigenvalue weighted by molar-refractivity contribution is 0.0614. The van der Waals surface area contributed by atoms with Crippen molar-refractivity contribution in [2.75, 3.05) is 40.4 Å². The highest BCUT2D eigenvalue weighted by Crippen LogP contribution is 2.34. The molecule has 0 aliphatic carbocycles. The highest BCUT2D eigenvalue weighted by molar-refractivity contribution is 6.30. The molecule has 2 heterocycles. The monoisotopic (exact) mass is 482 g/mol. The number of piperazine rings is 1. The number of halogens is 1. The summed E-state index contributed by atoms with van der Waals surface area (Å²) in [5, 5.41) is 4.73. The number of carbonyl (C=O) groups excluding carboxylic acids is 1. The molecule has 34 heavy (non-hydrogen) atoms. The Morgan fingerprint density at radius 2 is 1.85 bits per heavy atom. The van der Waals surface area contributed by atoms with Crippen LogP contribution in [-0.2, 0) is 6.54 Å². The fourth-order valence-electron chi connectivity index (χ4n) is 3.94. The molecule has 1 amide bonds. The van der Waals surface area contributed by atoms with Gasteiger partial charge < -0.3 is 18.9 Å². The maximum Gasteiger partial charge on any atom is 0.254 e. The summed E-state index contributed by atoms with van der Waals surface area (Å²) in [7, 11) is 3.16. The molecule has 0 N–H and O–H groups in total. The average molecular weight is 483 g/mol. The lowest BCUT2D eigenvalue weighted by Gasteiger charge is -2.34. The van der Waals surface area contributed by atoms with Crippen LogP contribution < -0.4 is 9.47 Å². The van der Waals surface area contributed by atoms with Crippen molar-refractivity contribution in [2.45, 2.75) is 13.5 Å². The van der Waals surface area contributed by atoms with Crippen molar-refractivity contribution in [2.24, 2.45) is 0 Å². The minimum absolute atomic E-state index is 0.0332. The van der Waals surface area contributed by atoms with E-state index in [1.165, 1.54) is 0 Å². The molecule has 0 bridgehead atoms. The first kappa shape index (κ1) is 23.8. The molecule has 0 radical (unpaired) electrons. The molecule has 1 saturated heterocycles. The van der Waals surface area contributed by atoms with Crippen LogP contribution in [0, 0.1) is 0 Å². The van der Waals surface area contributed by atoms with Gasteiger partial charge in [0.15, 0.2) is 11.5 Å². The van der Waals surface area contributed by atoms with Crippen molar-refractivity contribution in [1.82, 2.24) is 19.9 Å². The highest BCUT2D eigenvalue weighted by Gasteiger charge is 2.25. The Morgan fingerprint density at radius 3 is 2.50 bits per heavy atom. The molecule has 0 unspecified atom stereocenters. The molecule has 4 rings (SSSR count). The second-order valence-corrected chi connectivity index (χ2v) is 8.32. The minimum Gasteiger partial charge on any atom is -0.493 e. The van der Waals surface area contributed by atoms with E-state index in [1.54, 1.807) is 32.4 Å². The molecule has 0 atom stereocenters. The maximum atomic E-state index is 13.2. The van der Waals surface area contributed by atoms with E-state index in [1.807, 2.05) is 42.2 Å². The molecule has 1 aliphatic heterocycles. The normalized spacial score (nSPS) is 14.5. The van der Waals surface area contributed by atoms with Gasteiger partial charge in [-0.05, 0) is 43.3 Å². The summed E-state index contributed by atoms with van der Waals surface area (Å²) >= 11 is 5.94. The molecule has 178 valence electrons. The van der Waals surface area contributed by atoms with Crippen molar-refractivity contribution in [3.8, 4) is 22.9 Å². The van der Waals surface area contributed by atoms with Gasteiger partial charge in [-0.3, -0.25) is 9.69 Å². The number of nitrogens with zero attached hydrogens (tertiary/aromatic N) is 4. The third-order valence-electron chi connectivity index (χ3n) is 5.69. The summed E-state index contributed by atoms with van der Waals surface area (Å²) in [6, 6.07) is 10.9. The van der Waals surface area contributed by atoms with Crippen molar-refractivity contribution in [1.29, 1.82) is 0 Å². The molecule has 1 fully saturated rings. The van der Waals surface area contributed by atoms with E-state index < -0.39 is 0 Å². The topological polar surface area (TPSA) is 80.9 Å². The van der Waals surface area contributed by atoms with E-state index in [2.05, 4.69) is 15.0 Å². The number of methoxy groups -OCH3 is 2. The van der Waals surface area contributed by atoms with Crippen molar-refractivity contribution >= 4 is 23.6 Å². The van der Waals surface area contributed by atoms with Gasteiger partial charge in [0.05, 0.1) is 20.8 Å². The van der Waals surface area contributed by atoms with Gasteiger partial charge in [-0.25, -0.2) is 0 Å². The largest absolute Gasteiger partial charge is 0.493 e. The van der Waals surface area contributed by atoms with E-state index in [0.717, 1.165) is 11.1 Å². The first-order chi connectivity index (χ1) is 16.5. The third-order valence-corrected chi connectivity index (χ3v) is 5.94. The molecule has 0 spiro atoms. The molecule has 2 aromatic carbocycles. The molecule has 0 saturated carbocycles. The van der Waals surface area contributed by atoms with E-state index >= 15 is 0 Å². The fraction of sp³-hybridized carbons (Fsp3) is 0.320. The van der Waals surface area contributed by atoms with Crippen molar-refractivity contribution in [3.05, 3.63) is 64.5 Å². The smallest absolute Gasteiger partial charge is 0.254 e. The van der Waals surface area contributed by atoms with Gasteiger partial charge in [0.2, 0.25) is 11.7 Å². The number of rotatable bonds is 7. The van der Waals surface area contributed by atoms with Gasteiger partial charge in [0.1, 0.15) is 0 Å². The molecule has 8 nitrogen and oxygen atoms in total. The number of hydrogen-bond donors (Lipinski definition) is 0. The second-order valence-electron chi connectivity index (χ2n) is 7.89. The number of hydrogen-bond acceptors (Lipinski definition) is 7. The Bertz CT molecular complexity index is 1170. The zero-order valence-electron chi connectivity index (χ0n) is 19.5. The SMILES string of the molecule is CC=Cc1cc(C(=O)N2CCN(Cc3nc(-c4ccc(Cl)cc4)no3)CC2)cc(OC)c1OC. The first-order valence-corrected chi connectivity index (χ1v) is 11.4. The molecular weight excluding hydrogens is 456 g/mol. The lowest BCUT2D eigenvalue weighted by atomic mass is 10.1. The standard InChI is InChI=1S/C25H27ClN4O4/c1-4-5-18-14-19(15-21(32-2)23(18)33-3)25(31)30-12-10-29(11-13-30)16-22-27-24(28-34-22)17-6-8-20(26)9-7-17/h4-9,14-15H,10-13,16H2,1-3H3. The van der Waals surface area contributed by atoms with Gasteiger partial charge in [0.25, 0.3) is 5.91 Å². The van der Waals surface area contributed by atoms with Crippen LogP contribution in [0.2, 0.25) is 5.02 Å². The Kier molecular flexibility index (Phi) is 7.49. The van der Waals surface area contributed by atoms with Gasteiger partial charge in [-0.1, -0.05) is 28.9 Å². The molecule has 9 heteroatoms. The number of allylic oxidation sites excluding steroid dienone is 1. The quantitative estimate of drug-likeness (QED) is 0.493. The molecule has 1 aromatic heterocycles. The number of aromatic nitrogens is 2. The van der Waals surface area contributed by atoms with Crippen LogP contribution in [0.3, 0.4) is 0 Å². The second kappa shape index (κ2) is 10.7. The number of amides is 1. The Morgan fingerprint density at radius 1 is 1.12 bits per heavy atom. The van der Waals surface area contributed by atoms with Gasteiger partial charge in [-0.15, -0.1) is 0 Å². The number of carbonyl (C=O) groups is 1. The summed E-state index contributed by atoms with van der Waals surface area (Å²) in [6.45, 7) is 5.07. The van der Waals surface area contributed by atoms with Crippen molar-refractivity contribution < 1.29 is 18.8 Å². The predicted molar refractivity (Wildman–Crippen MR) is 130 cm³/mol. The molecule has 3 aromatic rings.